The number of carbonyl (C=O) groups excluding carboxylic acids is 2. The maximum absolute atomic E-state index is 11.5. The van der Waals surface area contributed by atoms with Crippen LogP contribution in [0.4, 0.5) is 0 Å². The largest absolute Gasteiger partial charge is 0.480 e. The molecule has 1 fully saturated rings. The molecule has 3 N–H and O–H groups in total. The van der Waals surface area contributed by atoms with Crippen LogP contribution in [0.2, 0.25) is 0 Å². The van der Waals surface area contributed by atoms with Crippen molar-refractivity contribution in [3.63, 3.8) is 0 Å². The van der Waals surface area contributed by atoms with Gasteiger partial charge in [-0.1, -0.05) is 0 Å². The number of terminal acetylenes is 1. The minimum atomic E-state index is -1.18. The van der Waals surface area contributed by atoms with E-state index in [-0.39, 0.29) is 18.7 Å². The van der Waals surface area contributed by atoms with Gasteiger partial charge in [0, 0.05) is 12.8 Å². The molecule has 1 aliphatic heterocycles. The Morgan fingerprint density at radius 2 is 2.38 bits per heavy atom. The molecular weight excluding hydrogens is 212 g/mol. The van der Waals surface area contributed by atoms with Crippen LogP contribution >= 0.6 is 0 Å². The molecule has 1 unspecified atom stereocenters. The van der Waals surface area contributed by atoms with Crippen molar-refractivity contribution in [2.75, 3.05) is 0 Å². The monoisotopic (exact) mass is 224 g/mol. The van der Waals surface area contributed by atoms with E-state index >= 15 is 0 Å². The van der Waals surface area contributed by atoms with Gasteiger partial charge in [0.1, 0.15) is 12.1 Å². The van der Waals surface area contributed by atoms with Gasteiger partial charge in [-0.3, -0.25) is 9.59 Å². The Bertz CT molecular complexity index is 358. The van der Waals surface area contributed by atoms with Crippen LogP contribution in [-0.2, 0) is 14.4 Å². The highest BCUT2D eigenvalue weighted by Gasteiger charge is 2.29. The van der Waals surface area contributed by atoms with Crippen LogP contribution < -0.4 is 10.6 Å². The summed E-state index contributed by atoms with van der Waals surface area (Å²) in [5, 5.41) is 13.5. The minimum Gasteiger partial charge on any atom is -0.480 e. The highest BCUT2D eigenvalue weighted by Crippen LogP contribution is 2.07. The average Bonchev–Trinajstić information content (AvgIpc) is 2.64. The summed E-state index contributed by atoms with van der Waals surface area (Å²) in [5.74, 6) is 0.276. The van der Waals surface area contributed by atoms with Crippen molar-refractivity contribution in [1.82, 2.24) is 10.6 Å². The summed E-state index contributed by atoms with van der Waals surface area (Å²) in [5.41, 5.74) is 0. The molecule has 0 radical (unpaired) electrons. The van der Waals surface area contributed by atoms with Gasteiger partial charge in [0.25, 0.3) is 0 Å². The van der Waals surface area contributed by atoms with Gasteiger partial charge in [0.15, 0.2) is 0 Å². The van der Waals surface area contributed by atoms with Gasteiger partial charge in [0.05, 0.1) is 0 Å². The van der Waals surface area contributed by atoms with Gasteiger partial charge >= 0.3 is 5.97 Å². The van der Waals surface area contributed by atoms with Gasteiger partial charge in [-0.05, 0) is 6.42 Å². The third-order valence-corrected chi connectivity index (χ3v) is 2.25. The van der Waals surface area contributed by atoms with Crippen LogP contribution in [0.1, 0.15) is 19.3 Å². The first-order valence-corrected chi connectivity index (χ1v) is 4.80. The molecule has 86 valence electrons. The van der Waals surface area contributed by atoms with E-state index in [1.54, 1.807) is 0 Å². The lowest BCUT2D eigenvalue weighted by Crippen LogP contribution is -2.48. The predicted octanol–water partition coefficient (Wildman–Crippen LogP) is -1.14. The van der Waals surface area contributed by atoms with Crippen molar-refractivity contribution < 1.29 is 19.5 Å². The lowest BCUT2D eigenvalue weighted by Gasteiger charge is -2.15. The first kappa shape index (κ1) is 12.0. The number of carboxylic acids is 1. The van der Waals surface area contributed by atoms with E-state index in [0.717, 1.165) is 0 Å². The standard InChI is InChI=1S/C10H12N2O4/c1-2-3-7(10(15)16)12-9(14)6-4-5-8(13)11-6/h1,6-7H,3-5H2,(H,11,13)(H,12,14)(H,15,16)/t6-,7?/m1/s1. The number of amides is 2. The SMILES string of the molecule is C#CCC(NC(=O)[C@H]1CCC(=O)N1)C(=O)O. The number of carbonyl (C=O) groups is 3. The maximum Gasteiger partial charge on any atom is 0.327 e. The molecule has 16 heavy (non-hydrogen) atoms. The summed E-state index contributed by atoms with van der Waals surface area (Å²) in [7, 11) is 0. The van der Waals surface area contributed by atoms with E-state index in [0.29, 0.717) is 6.42 Å². The smallest absolute Gasteiger partial charge is 0.327 e. The van der Waals surface area contributed by atoms with E-state index < -0.39 is 24.0 Å². The van der Waals surface area contributed by atoms with Crippen LogP contribution in [0.25, 0.3) is 0 Å². The first-order chi connectivity index (χ1) is 7.54. The van der Waals surface area contributed by atoms with E-state index in [1.165, 1.54) is 0 Å². The minimum absolute atomic E-state index is 0.0816. The van der Waals surface area contributed by atoms with Gasteiger partial charge in [-0.2, -0.15) is 0 Å². The van der Waals surface area contributed by atoms with Crippen molar-refractivity contribution in [3.8, 4) is 12.3 Å². The molecule has 2 amide bonds. The Balaban J connectivity index is 2.52. The van der Waals surface area contributed by atoms with E-state index in [1.807, 2.05) is 0 Å². The number of hydrogen-bond donors (Lipinski definition) is 3. The van der Waals surface area contributed by atoms with Crippen LogP contribution in [0.3, 0.4) is 0 Å². The Labute approximate surface area is 92.4 Å². The summed E-state index contributed by atoms with van der Waals surface area (Å²) >= 11 is 0. The molecule has 6 heteroatoms. The Hall–Kier alpha value is -2.03. The first-order valence-electron chi connectivity index (χ1n) is 4.80. The molecule has 1 rings (SSSR count). The second-order valence-electron chi connectivity index (χ2n) is 3.47. The highest BCUT2D eigenvalue weighted by molar-refractivity contribution is 5.92. The quantitative estimate of drug-likeness (QED) is 0.526. The topological polar surface area (TPSA) is 95.5 Å². The molecule has 1 heterocycles. The molecule has 1 saturated heterocycles. The summed E-state index contributed by atoms with van der Waals surface area (Å²) in [4.78, 5) is 33.1. The molecule has 0 aromatic carbocycles. The lowest BCUT2D eigenvalue weighted by molar-refractivity contribution is -0.141. The third-order valence-electron chi connectivity index (χ3n) is 2.25. The highest BCUT2D eigenvalue weighted by atomic mass is 16.4. The number of rotatable bonds is 4. The molecule has 0 aliphatic carbocycles. The summed E-state index contributed by atoms with van der Waals surface area (Å²) in [6.07, 6.45) is 5.57. The summed E-state index contributed by atoms with van der Waals surface area (Å²) < 4.78 is 0. The number of hydrogen-bond acceptors (Lipinski definition) is 3. The second-order valence-corrected chi connectivity index (χ2v) is 3.47. The van der Waals surface area contributed by atoms with Gasteiger partial charge in [0.2, 0.25) is 11.8 Å². The normalized spacial score (nSPS) is 20.7. The van der Waals surface area contributed by atoms with Crippen molar-refractivity contribution in [1.29, 1.82) is 0 Å². The van der Waals surface area contributed by atoms with Crippen LogP contribution in [-0.4, -0.2) is 35.0 Å². The van der Waals surface area contributed by atoms with E-state index in [9.17, 15) is 14.4 Å². The predicted molar refractivity (Wildman–Crippen MR) is 54.2 cm³/mol. The van der Waals surface area contributed by atoms with Gasteiger partial charge in [-0.15, -0.1) is 12.3 Å². The Morgan fingerprint density at radius 3 is 2.81 bits per heavy atom. The third kappa shape index (κ3) is 2.98. The fourth-order valence-electron chi connectivity index (χ4n) is 1.40. The molecule has 0 aromatic rings. The van der Waals surface area contributed by atoms with Crippen molar-refractivity contribution >= 4 is 17.8 Å². The Kier molecular flexibility index (Phi) is 3.89. The Morgan fingerprint density at radius 1 is 1.69 bits per heavy atom. The van der Waals surface area contributed by atoms with Crippen molar-refractivity contribution in [3.05, 3.63) is 0 Å². The number of aliphatic carboxylic acids is 1. The second kappa shape index (κ2) is 5.16. The zero-order chi connectivity index (χ0) is 12.1. The lowest BCUT2D eigenvalue weighted by atomic mass is 10.1. The van der Waals surface area contributed by atoms with E-state index in [4.69, 9.17) is 11.5 Å². The molecule has 0 bridgehead atoms. The zero-order valence-electron chi connectivity index (χ0n) is 8.53. The fraction of sp³-hybridized carbons (Fsp3) is 0.500. The summed E-state index contributed by atoms with van der Waals surface area (Å²) in [6.45, 7) is 0. The molecule has 0 aromatic heterocycles. The maximum atomic E-state index is 11.5. The van der Waals surface area contributed by atoms with Gasteiger partial charge in [-0.25, -0.2) is 4.79 Å². The molecule has 0 spiro atoms. The molecule has 0 saturated carbocycles. The zero-order valence-corrected chi connectivity index (χ0v) is 8.53. The van der Waals surface area contributed by atoms with Crippen LogP contribution in [0.15, 0.2) is 0 Å². The van der Waals surface area contributed by atoms with Crippen molar-refractivity contribution in [2.45, 2.75) is 31.3 Å². The van der Waals surface area contributed by atoms with Crippen LogP contribution in [0.5, 0.6) is 0 Å². The van der Waals surface area contributed by atoms with Gasteiger partial charge < -0.3 is 15.7 Å². The van der Waals surface area contributed by atoms with Crippen LogP contribution in [0, 0.1) is 12.3 Å². The molecular formula is C10H12N2O4. The number of carboxylic acid groups (broad SMARTS) is 1. The number of nitrogens with one attached hydrogen (secondary N) is 2. The average molecular weight is 224 g/mol. The summed E-state index contributed by atoms with van der Waals surface area (Å²) in [6, 6.07) is -1.75. The molecule has 6 nitrogen and oxygen atoms in total. The molecule has 2 atom stereocenters. The fourth-order valence-corrected chi connectivity index (χ4v) is 1.40. The van der Waals surface area contributed by atoms with Crippen molar-refractivity contribution in [2.24, 2.45) is 0 Å². The van der Waals surface area contributed by atoms with E-state index in [2.05, 4.69) is 16.6 Å². The molecule has 1 aliphatic rings.